The van der Waals surface area contributed by atoms with E-state index in [0.717, 1.165) is 33.8 Å². The third kappa shape index (κ3) is 3.63. The fraction of sp³-hybridized carbons (Fsp3) is 0.318. The molecule has 1 aliphatic heterocycles. The number of benzene rings is 2. The molecule has 0 aliphatic carbocycles. The molecule has 1 aromatic heterocycles. The monoisotopic (exact) mass is 428 g/mol. The Morgan fingerprint density at radius 1 is 1.03 bits per heavy atom. The number of rotatable bonds is 5. The number of aryl methyl sites for hydroxylation is 1. The van der Waals surface area contributed by atoms with E-state index in [4.69, 9.17) is 14.2 Å². The first-order valence-electron chi connectivity index (χ1n) is 9.59. The Balaban J connectivity index is 1.66. The maximum atomic E-state index is 13.0. The van der Waals surface area contributed by atoms with Crippen molar-refractivity contribution < 1.29 is 22.6 Å². The zero-order chi connectivity index (χ0) is 21.5. The largest absolute Gasteiger partial charge is 0.493 e. The van der Waals surface area contributed by atoms with Crippen molar-refractivity contribution in [3.63, 3.8) is 0 Å². The molecule has 2 heterocycles. The summed E-state index contributed by atoms with van der Waals surface area (Å²) in [6.45, 7) is 4.15. The van der Waals surface area contributed by atoms with Gasteiger partial charge in [0.25, 0.3) is 10.0 Å². The van der Waals surface area contributed by atoms with Gasteiger partial charge in [0.05, 0.1) is 24.8 Å². The summed E-state index contributed by atoms with van der Waals surface area (Å²) in [6, 6.07) is 12.0. The van der Waals surface area contributed by atoms with Gasteiger partial charge in [-0.3, -0.25) is 0 Å². The van der Waals surface area contributed by atoms with Crippen LogP contribution in [0.2, 0.25) is 0 Å². The quantitative estimate of drug-likeness (QED) is 0.613. The highest BCUT2D eigenvalue weighted by molar-refractivity contribution is 7.89. The highest BCUT2D eigenvalue weighted by atomic mass is 32.2. The minimum absolute atomic E-state index is 0.0656. The first-order chi connectivity index (χ1) is 14.2. The predicted molar refractivity (Wildman–Crippen MR) is 113 cm³/mol. The number of nitrogens with zero attached hydrogens (tertiary/aromatic N) is 2. The van der Waals surface area contributed by atoms with Crippen LogP contribution in [0.25, 0.3) is 11.3 Å². The molecular weight excluding hydrogens is 404 g/mol. The fourth-order valence-electron chi connectivity index (χ4n) is 3.50. The van der Waals surface area contributed by atoms with E-state index in [9.17, 15) is 8.42 Å². The van der Waals surface area contributed by atoms with Crippen LogP contribution in [-0.4, -0.2) is 37.4 Å². The molecule has 7 nitrogen and oxygen atoms in total. The Labute approximate surface area is 176 Å². The lowest BCUT2D eigenvalue weighted by molar-refractivity contribution is 0.0847. The summed E-state index contributed by atoms with van der Waals surface area (Å²) in [4.78, 5) is 0.0656. The van der Waals surface area contributed by atoms with E-state index < -0.39 is 10.0 Å². The fourth-order valence-corrected chi connectivity index (χ4v) is 4.63. The Kier molecular flexibility index (Phi) is 4.97. The molecule has 0 N–H and O–H groups in total. The Bertz CT molecular complexity index is 1200. The number of aromatic nitrogens is 2. The molecule has 158 valence electrons. The van der Waals surface area contributed by atoms with Crippen molar-refractivity contribution in [2.45, 2.75) is 37.2 Å². The second kappa shape index (κ2) is 7.36. The molecule has 0 atom stereocenters. The zero-order valence-corrected chi connectivity index (χ0v) is 18.2. The molecular formula is C22H24N2O5S. The van der Waals surface area contributed by atoms with Gasteiger partial charge < -0.3 is 14.2 Å². The molecule has 8 heteroatoms. The second-order valence-electron chi connectivity index (χ2n) is 7.78. The van der Waals surface area contributed by atoms with Crippen molar-refractivity contribution in [1.82, 2.24) is 9.19 Å². The van der Waals surface area contributed by atoms with Crippen LogP contribution >= 0.6 is 0 Å². The summed E-state index contributed by atoms with van der Waals surface area (Å²) >= 11 is 0. The van der Waals surface area contributed by atoms with Crippen LogP contribution < -0.4 is 14.2 Å². The first kappa shape index (κ1) is 20.3. The van der Waals surface area contributed by atoms with Crippen molar-refractivity contribution in [1.29, 1.82) is 0 Å². The van der Waals surface area contributed by atoms with E-state index >= 15 is 0 Å². The van der Waals surface area contributed by atoms with E-state index in [2.05, 4.69) is 18.9 Å². The molecule has 0 amide bonds. The van der Waals surface area contributed by atoms with Gasteiger partial charge in [0.1, 0.15) is 11.4 Å². The molecule has 0 radical (unpaired) electrons. The second-order valence-corrected chi connectivity index (χ2v) is 9.58. The lowest BCUT2D eigenvalue weighted by atomic mass is 9.93. The lowest BCUT2D eigenvalue weighted by Crippen LogP contribution is -2.32. The third-order valence-corrected chi connectivity index (χ3v) is 6.75. The van der Waals surface area contributed by atoms with Crippen molar-refractivity contribution in [2.24, 2.45) is 0 Å². The molecule has 0 saturated heterocycles. The molecule has 0 spiro atoms. The van der Waals surface area contributed by atoms with E-state index in [1.807, 2.05) is 18.2 Å². The van der Waals surface area contributed by atoms with E-state index in [-0.39, 0.29) is 10.5 Å². The lowest BCUT2D eigenvalue weighted by Gasteiger charge is -2.32. The highest BCUT2D eigenvalue weighted by Crippen LogP contribution is 2.35. The van der Waals surface area contributed by atoms with Crippen LogP contribution in [0.5, 0.6) is 17.2 Å². The normalized spacial score (nSPS) is 15.2. The minimum Gasteiger partial charge on any atom is -0.493 e. The van der Waals surface area contributed by atoms with Crippen LogP contribution in [-0.2, 0) is 16.4 Å². The van der Waals surface area contributed by atoms with Crippen LogP contribution in [0.4, 0.5) is 0 Å². The van der Waals surface area contributed by atoms with Crippen molar-refractivity contribution in [3.8, 4) is 28.5 Å². The predicted octanol–water partition coefficient (Wildman–Crippen LogP) is 3.91. The number of hydrogen-bond donors (Lipinski definition) is 0. The minimum atomic E-state index is -3.87. The number of methoxy groups -OCH3 is 2. The van der Waals surface area contributed by atoms with Crippen LogP contribution in [0.1, 0.15) is 25.8 Å². The van der Waals surface area contributed by atoms with Crippen LogP contribution in [0, 0.1) is 0 Å². The van der Waals surface area contributed by atoms with E-state index in [0.29, 0.717) is 17.2 Å². The van der Waals surface area contributed by atoms with Gasteiger partial charge in [-0.1, -0.05) is 0 Å². The van der Waals surface area contributed by atoms with Gasteiger partial charge in [-0.25, -0.2) is 0 Å². The Morgan fingerprint density at radius 3 is 2.53 bits per heavy atom. The molecule has 3 aromatic rings. The molecule has 4 rings (SSSR count). The zero-order valence-electron chi connectivity index (χ0n) is 17.4. The summed E-state index contributed by atoms with van der Waals surface area (Å²) in [7, 11) is -0.915. The summed E-state index contributed by atoms with van der Waals surface area (Å²) in [5, 5.41) is 4.32. The van der Waals surface area contributed by atoms with Crippen molar-refractivity contribution >= 4 is 10.0 Å². The number of fused-ring (bicyclic) bond motifs is 1. The van der Waals surface area contributed by atoms with E-state index in [1.165, 1.54) is 32.5 Å². The van der Waals surface area contributed by atoms with Gasteiger partial charge in [0.15, 0.2) is 11.5 Å². The van der Waals surface area contributed by atoms with Crippen molar-refractivity contribution in [2.75, 3.05) is 14.2 Å². The molecule has 30 heavy (non-hydrogen) atoms. The van der Waals surface area contributed by atoms with E-state index in [1.54, 1.807) is 12.1 Å². The standard InChI is InChI=1S/C22H24N2O5S/c1-22(2)11-9-16-13-15(5-7-19(16)29-22)18-10-12-24(23-18)30(25,26)17-6-8-20(27-3)21(14-17)28-4/h5-8,10,12-14H,9,11H2,1-4H3. The average Bonchev–Trinajstić information content (AvgIpc) is 3.23. The summed E-state index contributed by atoms with van der Waals surface area (Å²) in [5.41, 5.74) is 2.35. The SMILES string of the molecule is COc1ccc(S(=O)(=O)n2ccc(-c3ccc4c(c3)CCC(C)(C)O4)n2)cc1OC. The maximum Gasteiger partial charge on any atom is 0.283 e. The summed E-state index contributed by atoms with van der Waals surface area (Å²) in [6.07, 6.45) is 3.27. The number of ether oxygens (including phenoxy) is 3. The summed E-state index contributed by atoms with van der Waals surface area (Å²) < 4.78 is 43.5. The van der Waals surface area contributed by atoms with Crippen LogP contribution in [0.3, 0.4) is 0 Å². The third-order valence-electron chi connectivity index (χ3n) is 5.20. The molecule has 0 bridgehead atoms. The summed E-state index contributed by atoms with van der Waals surface area (Å²) in [5.74, 6) is 1.66. The molecule has 0 unspecified atom stereocenters. The first-order valence-corrected chi connectivity index (χ1v) is 11.0. The number of hydrogen-bond acceptors (Lipinski definition) is 6. The van der Waals surface area contributed by atoms with Gasteiger partial charge in [-0.05, 0) is 68.7 Å². The smallest absolute Gasteiger partial charge is 0.283 e. The van der Waals surface area contributed by atoms with Gasteiger partial charge in [-0.15, -0.1) is 0 Å². The van der Waals surface area contributed by atoms with Crippen LogP contribution in [0.15, 0.2) is 53.6 Å². The Hall–Kier alpha value is -3.00. The average molecular weight is 429 g/mol. The topological polar surface area (TPSA) is 79.7 Å². The highest BCUT2D eigenvalue weighted by Gasteiger charge is 2.27. The molecule has 0 fully saturated rings. The van der Waals surface area contributed by atoms with Gasteiger partial charge >= 0.3 is 0 Å². The maximum absolute atomic E-state index is 13.0. The van der Waals surface area contributed by atoms with Gasteiger partial charge in [-0.2, -0.15) is 17.6 Å². The molecule has 2 aromatic carbocycles. The van der Waals surface area contributed by atoms with Gasteiger partial charge in [0, 0.05) is 17.8 Å². The molecule has 0 saturated carbocycles. The van der Waals surface area contributed by atoms with Crippen molar-refractivity contribution in [3.05, 3.63) is 54.2 Å². The molecule has 1 aliphatic rings. The van der Waals surface area contributed by atoms with Gasteiger partial charge in [0.2, 0.25) is 0 Å². The Morgan fingerprint density at radius 2 is 1.80 bits per heavy atom.